The third-order valence-electron chi connectivity index (χ3n) is 5.30. The van der Waals surface area contributed by atoms with Gasteiger partial charge >= 0.3 is 5.97 Å². The minimum atomic E-state index is -0.776. The van der Waals surface area contributed by atoms with Gasteiger partial charge in [0.1, 0.15) is 5.78 Å². The molecular weight excluding hydrogens is 316 g/mol. The van der Waals surface area contributed by atoms with E-state index in [4.69, 9.17) is 5.11 Å². The van der Waals surface area contributed by atoms with Gasteiger partial charge in [0.15, 0.2) is 0 Å². The molecule has 0 heterocycles. The zero-order chi connectivity index (χ0) is 18.7. The van der Waals surface area contributed by atoms with Crippen LogP contribution in [-0.4, -0.2) is 27.6 Å². The molecule has 2 N–H and O–H groups in total. The van der Waals surface area contributed by atoms with Crippen LogP contribution in [0.5, 0.6) is 0 Å². The molecular formula is C21H36O4. The highest BCUT2D eigenvalue weighted by atomic mass is 16.4. The molecule has 1 fully saturated rings. The summed E-state index contributed by atoms with van der Waals surface area (Å²) in [6, 6.07) is 0. The van der Waals surface area contributed by atoms with Gasteiger partial charge in [-0.3, -0.25) is 9.59 Å². The van der Waals surface area contributed by atoms with Gasteiger partial charge in [-0.15, -0.1) is 0 Å². The Morgan fingerprint density at radius 2 is 1.92 bits per heavy atom. The van der Waals surface area contributed by atoms with Crippen LogP contribution < -0.4 is 0 Å². The summed E-state index contributed by atoms with van der Waals surface area (Å²) in [7, 11) is 0. The lowest BCUT2D eigenvalue weighted by molar-refractivity contribution is -0.137. The monoisotopic (exact) mass is 352 g/mol. The minimum absolute atomic E-state index is 0.0853. The smallest absolute Gasteiger partial charge is 0.303 e. The number of ketones is 1. The van der Waals surface area contributed by atoms with Crippen molar-refractivity contribution >= 4 is 11.8 Å². The topological polar surface area (TPSA) is 74.6 Å². The molecule has 0 aromatic carbocycles. The second-order valence-corrected chi connectivity index (χ2v) is 7.80. The molecule has 1 aliphatic carbocycles. The van der Waals surface area contributed by atoms with Crippen LogP contribution in [0.15, 0.2) is 12.2 Å². The summed E-state index contributed by atoms with van der Waals surface area (Å²) >= 11 is 0. The predicted octanol–water partition coefficient (Wildman–Crippen LogP) is 4.89. The Kier molecular flexibility index (Phi) is 10.0. The fourth-order valence-corrected chi connectivity index (χ4v) is 3.68. The summed E-state index contributed by atoms with van der Waals surface area (Å²) in [6.07, 6.45) is 14.3. The lowest BCUT2D eigenvalue weighted by Gasteiger charge is -2.21. The van der Waals surface area contributed by atoms with Gasteiger partial charge in [0.05, 0.1) is 5.60 Å². The maximum Gasteiger partial charge on any atom is 0.303 e. The first-order valence-electron chi connectivity index (χ1n) is 10.0. The first kappa shape index (κ1) is 21.9. The van der Waals surface area contributed by atoms with E-state index < -0.39 is 11.6 Å². The van der Waals surface area contributed by atoms with E-state index in [1.165, 1.54) is 0 Å². The maximum absolute atomic E-state index is 12.2. The standard InChI is InChI=1S/C21H36O4/c1-3-4-9-15-21(2,25)16-14-17-12-13-19(22)18(17)10-7-5-6-8-11-20(23)24/h14,16-18,25H,3-13,15H2,1-2H3,(H,23,24)/b16-14+. The van der Waals surface area contributed by atoms with Crippen LogP contribution in [0, 0.1) is 11.8 Å². The number of Topliss-reactive ketones (excluding diaryl/α,β-unsaturated/α-hetero) is 1. The first-order valence-corrected chi connectivity index (χ1v) is 10.0. The molecule has 1 rings (SSSR count). The molecule has 144 valence electrons. The van der Waals surface area contributed by atoms with Crippen molar-refractivity contribution in [1.82, 2.24) is 0 Å². The average molecular weight is 353 g/mol. The third-order valence-corrected chi connectivity index (χ3v) is 5.30. The number of carboxylic acids is 1. The van der Waals surface area contributed by atoms with Crippen LogP contribution in [0.2, 0.25) is 0 Å². The minimum Gasteiger partial charge on any atom is -0.481 e. The molecule has 0 aromatic rings. The van der Waals surface area contributed by atoms with Crippen molar-refractivity contribution in [3.63, 3.8) is 0 Å². The van der Waals surface area contributed by atoms with Crippen LogP contribution in [0.3, 0.4) is 0 Å². The Balaban J connectivity index is 2.38. The average Bonchev–Trinajstić information content (AvgIpc) is 2.89. The molecule has 4 heteroatoms. The van der Waals surface area contributed by atoms with Crippen molar-refractivity contribution in [3.8, 4) is 0 Å². The molecule has 4 nitrogen and oxygen atoms in total. The molecule has 3 atom stereocenters. The van der Waals surface area contributed by atoms with Crippen molar-refractivity contribution in [3.05, 3.63) is 12.2 Å². The SMILES string of the molecule is CCCCCC(C)(O)/C=C/C1CCC(=O)C1CCCCCCC(=O)O. The van der Waals surface area contributed by atoms with Gasteiger partial charge in [0, 0.05) is 18.8 Å². The van der Waals surface area contributed by atoms with Gasteiger partial charge in [-0.25, -0.2) is 0 Å². The van der Waals surface area contributed by atoms with Gasteiger partial charge in [-0.1, -0.05) is 57.6 Å². The highest BCUT2D eigenvalue weighted by Crippen LogP contribution is 2.34. The number of hydrogen-bond acceptors (Lipinski definition) is 3. The molecule has 0 radical (unpaired) electrons. The predicted molar refractivity (Wildman–Crippen MR) is 100 cm³/mol. The van der Waals surface area contributed by atoms with Crippen LogP contribution in [-0.2, 0) is 9.59 Å². The highest BCUT2D eigenvalue weighted by molar-refractivity contribution is 5.83. The zero-order valence-electron chi connectivity index (χ0n) is 16.0. The molecule has 0 spiro atoms. The number of rotatable bonds is 13. The summed E-state index contributed by atoms with van der Waals surface area (Å²) in [4.78, 5) is 22.6. The molecule has 25 heavy (non-hydrogen) atoms. The van der Waals surface area contributed by atoms with E-state index in [0.717, 1.165) is 64.2 Å². The molecule has 1 aliphatic rings. The largest absolute Gasteiger partial charge is 0.481 e. The maximum atomic E-state index is 12.2. The van der Waals surface area contributed by atoms with Crippen molar-refractivity contribution in [1.29, 1.82) is 0 Å². The van der Waals surface area contributed by atoms with Crippen molar-refractivity contribution < 1.29 is 19.8 Å². The van der Waals surface area contributed by atoms with Crippen LogP contribution in [0.1, 0.15) is 90.9 Å². The second kappa shape index (κ2) is 11.5. The quantitative estimate of drug-likeness (QED) is 0.365. The number of unbranched alkanes of at least 4 members (excludes halogenated alkanes) is 5. The Labute approximate surface area is 152 Å². The number of carboxylic acid groups (broad SMARTS) is 1. The Morgan fingerprint density at radius 1 is 1.20 bits per heavy atom. The lowest BCUT2D eigenvalue weighted by atomic mass is 9.87. The highest BCUT2D eigenvalue weighted by Gasteiger charge is 2.32. The van der Waals surface area contributed by atoms with Crippen molar-refractivity contribution in [2.45, 2.75) is 96.5 Å². The number of aliphatic hydroxyl groups is 1. The number of carbonyl (C=O) groups excluding carboxylic acids is 1. The Bertz CT molecular complexity index is 439. The van der Waals surface area contributed by atoms with Crippen LogP contribution >= 0.6 is 0 Å². The summed E-state index contributed by atoms with van der Waals surface area (Å²) in [5.41, 5.74) is -0.776. The van der Waals surface area contributed by atoms with Crippen molar-refractivity contribution in [2.24, 2.45) is 11.8 Å². The summed E-state index contributed by atoms with van der Waals surface area (Å²) in [6.45, 7) is 4.01. The van der Waals surface area contributed by atoms with Gasteiger partial charge in [0.2, 0.25) is 0 Å². The van der Waals surface area contributed by atoms with Crippen molar-refractivity contribution in [2.75, 3.05) is 0 Å². The number of allylic oxidation sites excluding steroid dienone is 1. The molecule has 0 aliphatic heterocycles. The molecule has 1 saturated carbocycles. The summed E-state index contributed by atoms with van der Waals surface area (Å²) < 4.78 is 0. The summed E-state index contributed by atoms with van der Waals surface area (Å²) in [5.74, 6) is -0.0423. The molecule has 0 aromatic heterocycles. The zero-order valence-corrected chi connectivity index (χ0v) is 16.0. The fraction of sp³-hybridized carbons (Fsp3) is 0.810. The molecule has 0 bridgehead atoms. The van der Waals surface area contributed by atoms with Gasteiger partial charge in [-0.05, 0) is 38.5 Å². The molecule has 0 saturated heterocycles. The van der Waals surface area contributed by atoms with E-state index >= 15 is 0 Å². The molecule has 0 amide bonds. The normalized spacial score (nSPS) is 23.2. The lowest BCUT2D eigenvalue weighted by Crippen LogP contribution is -2.21. The number of aliphatic carboxylic acids is 1. The van der Waals surface area contributed by atoms with E-state index in [-0.39, 0.29) is 18.3 Å². The number of hydrogen-bond donors (Lipinski definition) is 2. The third kappa shape index (κ3) is 9.20. The van der Waals surface area contributed by atoms with Gasteiger partial charge in [0.25, 0.3) is 0 Å². The summed E-state index contributed by atoms with van der Waals surface area (Å²) in [5, 5.41) is 19.1. The van der Waals surface area contributed by atoms with Gasteiger partial charge < -0.3 is 10.2 Å². The van der Waals surface area contributed by atoms with E-state index in [1.807, 2.05) is 13.0 Å². The van der Waals surface area contributed by atoms with E-state index in [1.54, 1.807) is 0 Å². The van der Waals surface area contributed by atoms with E-state index in [0.29, 0.717) is 12.2 Å². The Morgan fingerprint density at radius 3 is 2.60 bits per heavy atom. The Hall–Kier alpha value is -1.16. The number of carbonyl (C=O) groups is 2. The fourth-order valence-electron chi connectivity index (χ4n) is 3.68. The van der Waals surface area contributed by atoms with E-state index in [9.17, 15) is 14.7 Å². The van der Waals surface area contributed by atoms with Crippen LogP contribution in [0.4, 0.5) is 0 Å². The first-order chi connectivity index (χ1) is 11.9. The van der Waals surface area contributed by atoms with Crippen LogP contribution in [0.25, 0.3) is 0 Å². The van der Waals surface area contributed by atoms with E-state index in [2.05, 4.69) is 13.0 Å². The second-order valence-electron chi connectivity index (χ2n) is 7.80. The van der Waals surface area contributed by atoms with Gasteiger partial charge in [-0.2, -0.15) is 0 Å². The molecule has 3 unspecified atom stereocenters.